The predicted octanol–water partition coefficient (Wildman–Crippen LogP) is 5.81. The van der Waals surface area contributed by atoms with Crippen LogP contribution in [0.4, 0.5) is 5.69 Å². The van der Waals surface area contributed by atoms with Gasteiger partial charge in [0.2, 0.25) is 5.91 Å². The van der Waals surface area contributed by atoms with E-state index in [0.717, 1.165) is 36.2 Å². The number of hydrogen-bond donors (Lipinski definition) is 1. The molecule has 2 aromatic carbocycles. The van der Waals surface area contributed by atoms with Gasteiger partial charge in [-0.15, -0.1) is 0 Å². The van der Waals surface area contributed by atoms with Crippen molar-refractivity contribution in [1.82, 2.24) is 4.90 Å². The molecule has 0 bridgehead atoms. The quantitative estimate of drug-likeness (QED) is 0.689. The van der Waals surface area contributed by atoms with Gasteiger partial charge in [-0.2, -0.15) is 0 Å². The molecule has 0 spiro atoms. The molecule has 1 N–H and O–H groups in total. The summed E-state index contributed by atoms with van der Waals surface area (Å²) in [5.74, 6) is -0.0336. The van der Waals surface area contributed by atoms with Gasteiger partial charge in [0.25, 0.3) is 0 Å². The van der Waals surface area contributed by atoms with E-state index in [0.29, 0.717) is 28.2 Å². The van der Waals surface area contributed by atoms with E-state index in [1.807, 2.05) is 37.3 Å². The van der Waals surface area contributed by atoms with Gasteiger partial charge < -0.3 is 5.32 Å². The number of carbonyl (C=O) groups is 1. The molecule has 1 fully saturated rings. The molecule has 0 saturated carbocycles. The predicted molar refractivity (Wildman–Crippen MR) is 109 cm³/mol. The van der Waals surface area contributed by atoms with Gasteiger partial charge in [-0.05, 0) is 56.1 Å². The van der Waals surface area contributed by atoms with Crippen LogP contribution < -0.4 is 5.32 Å². The number of anilines is 1. The maximum Gasteiger partial charge on any atom is 0.228 e. The summed E-state index contributed by atoms with van der Waals surface area (Å²) in [6, 6.07) is 11.1. The molecule has 1 aliphatic rings. The van der Waals surface area contributed by atoms with Crippen LogP contribution in [0.2, 0.25) is 15.1 Å². The van der Waals surface area contributed by atoms with E-state index in [2.05, 4.69) is 10.2 Å². The summed E-state index contributed by atoms with van der Waals surface area (Å²) < 4.78 is 0. The van der Waals surface area contributed by atoms with Crippen molar-refractivity contribution in [3.63, 3.8) is 0 Å². The minimum Gasteiger partial charge on any atom is -0.326 e. The molecule has 1 amide bonds. The second-order valence-corrected chi connectivity index (χ2v) is 7.97. The van der Waals surface area contributed by atoms with Crippen LogP contribution in [0.5, 0.6) is 0 Å². The molecule has 0 aromatic heterocycles. The van der Waals surface area contributed by atoms with Crippen LogP contribution in [0.3, 0.4) is 0 Å². The van der Waals surface area contributed by atoms with Gasteiger partial charge in [0.1, 0.15) is 0 Å². The number of likely N-dealkylation sites (tertiary alicyclic amines) is 1. The summed E-state index contributed by atoms with van der Waals surface area (Å²) in [5, 5.41) is 4.97. The van der Waals surface area contributed by atoms with Crippen molar-refractivity contribution in [3.05, 3.63) is 62.6 Å². The number of amides is 1. The lowest BCUT2D eigenvalue weighted by Crippen LogP contribution is -2.40. The molecule has 6 heteroatoms. The number of hydrogen-bond acceptors (Lipinski definition) is 2. The average Bonchev–Trinajstić information content (AvgIpc) is 2.62. The molecule has 1 saturated heterocycles. The normalized spacial score (nSPS) is 17.9. The zero-order valence-corrected chi connectivity index (χ0v) is 16.8. The summed E-state index contributed by atoms with van der Waals surface area (Å²) in [5.41, 5.74) is 2.69. The highest BCUT2D eigenvalue weighted by molar-refractivity contribution is 6.36. The van der Waals surface area contributed by atoms with Gasteiger partial charge in [-0.3, -0.25) is 9.69 Å². The largest absolute Gasteiger partial charge is 0.326 e. The van der Waals surface area contributed by atoms with Gasteiger partial charge in [0.15, 0.2) is 0 Å². The van der Waals surface area contributed by atoms with Crippen molar-refractivity contribution in [2.75, 3.05) is 18.4 Å². The van der Waals surface area contributed by atoms with Crippen molar-refractivity contribution in [2.45, 2.75) is 26.3 Å². The van der Waals surface area contributed by atoms with Crippen molar-refractivity contribution < 1.29 is 4.79 Å². The maximum absolute atomic E-state index is 12.7. The van der Waals surface area contributed by atoms with Crippen molar-refractivity contribution in [3.8, 4) is 0 Å². The minimum atomic E-state index is -0.0663. The average molecular weight is 412 g/mol. The second-order valence-electron chi connectivity index (χ2n) is 6.72. The van der Waals surface area contributed by atoms with E-state index in [-0.39, 0.29) is 11.8 Å². The third-order valence-corrected chi connectivity index (χ3v) is 5.72. The molecule has 138 valence electrons. The number of rotatable bonds is 4. The zero-order valence-electron chi connectivity index (χ0n) is 14.6. The van der Waals surface area contributed by atoms with E-state index in [1.165, 1.54) is 0 Å². The van der Waals surface area contributed by atoms with Gasteiger partial charge >= 0.3 is 0 Å². The van der Waals surface area contributed by atoms with E-state index < -0.39 is 0 Å². The fraction of sp³-hybridized carbons (Fsp3) is 0.350. The Balaban J connectivity index is 1.66. The highest BCUT2D eigenvalue weighted by atomic mass is 35.5. The fourth-order valence-electron chi connectivity index (χ4n) is 3.28. The first-order chi connectivity index (χ1) is 12.4. The van der Waals surface area contributed by atoms with Crippen LogP contribution in [0.15, 0.2) is 36.4 Å². The first-order valence-corrected chi connectivity index (χ1v) is 9.79. The third-order valence-electron chi connectivity index (χ3n) is 4.78. The molecule has 3 rings (SSSR count). The van der Waals surface area contributed by atoms with Gasteiger partial charge in [0, 0.05) is 39.4 Å². The van der Waals surface area contributed by atoms with Crippen molar-refractivity contribution in [1.29, 1.82) is 0 Å². The Morgan fingerprint density at radius 1 is 1.19 bits per heavy atom. The molecule has 1 aliphatic heterocycles. The lowest BCUT2D eigenvalue weighted by Gasteiger charge is -2.32. The van der Waals surface area contributed by atoms with Crippen LogP contribution in [0.1, 0.15) is 24.0 Å². The Hall–Kier alpha value is -1.26. The standard InChI is InChI=1S/C20H21Cl3N2O/c1-13-7-8-15(21)10-19(13)24-20(26)14-4-3-9-25(11-14)12-16-17(22)5-2-6-18(16)23/h2,5-8,10,14H,3-4,9,11-12H2,1H3,(H,24,26)/t14-/m0/s1. The summed E-state index contributed by atoms with van der Waals surface area (Å²) in [4.78, 5) is 15.0. The molecule has 0 aliphatic carbocycles. The van der Waals surface area contributed by atoms with Crippen LogP contribution in [0, 0.1) is 12.8 Å². The fourth-order valence-corrected chi connectivity index (χ4v) is 3.97. The summed E-state index contributed by atoms with van der Waals surface area (Å²) in [6.45, 7) is 4.23. The molecule has 3 nitrogen and oxygen atoms in total. The summed E-state index contributed by atoms with van der Waals surface area (Å²) in [6.07, 6.45) is 1.84. The molecule has 2 aromatic rings. The van der Waals surface area contributed by atoms with E-state index in [9.17, 15) is 4.79 Å². The number of benzene rings is 2. The monoisotopic (exact) mass is 410 g/mol. The number of halogens is 3. The number of aryl methyl sites for hydroxylation is 1. The molecule has 1 atom stereocenters. The van der Waals surface area contributed by atoms with Crippen LogP contribution >= 0.6 is 34.8 Å². The molecule has 0 unspecified atom stereocenters. The SMILES string of the molecule is Cc1ccc(Cl)cc1NC(=O)[C@H]1CCCN(Cc2c(Cl)cccc2Cl)C1. The van der Waals surface area contributed by atoms with Crippen LogP contribution in [0.25, 0.3) is 0 Å². The molecule has 1 heterocycles. The topological polar surface area (TPSA) is 32.3 Å². The van der Waals surface area contributed by atoms with E-state index >= 15 is 0 Å². The molecule has 26 heavy (non-hydrogen) atoms. The first-order valence-electron chi connectivity index (χ1n) is 8.66. The zero-order chi connectivity index (χ0) is 18.7. The van der Waals surface area contributed by atoms with E-state index in [4.69, 9.17) is 34.8 Å². The third kappa shape index (κ3) is 4.72. The number of carbonyl (C=O) groups excluding carboxylic acids is 1. The molecular weight excluding hydrogens is 391 g/mol. The Morgan fingerprint density at radius 3 is 2.65 bits per heavy atom. The Kier molecular flexibility index (Phi) is 6.46. The van der Waals surface area contributed by atoms with Gasteiger partial charge in [-0.25, -0.2) is 0 Å². The smallest absolute Gasteiger partial charge is 0.228 e. The number of piperidine rings is 1. The molecular formula is C20H21Cl3N2O. The Bertz CT molecular complexity index is 789. The summed E-state index contributed by atoms with van der Waals surface area (Å²) in [7, 11) is 0. The van der Waals surface area contributed by atoms with Crippen LogP contribution in [-0.2, 0) is 11.3 Å². The highest BCUT2D eigenvalue weighted by Crippen LogP contribution is 2.28. The lowest BCUT2D eigenvalue weighted by molar-refractivity contribution is -0.121. The second kappa shape index (κ2) is 8.62. The maximum atomic E-state index is 12.7. The highest BCUT2D eigenvalue weighted by Gasteiger charge is 2.27. The Labute approximate surface area is 169 Å². The minimum absolute atomic E-state index is 0.0327. The van der Waals surface area contributed by atoms with Crippen molar-refractivity contribution in [2.24, 2.45) is 5.92 Å². The molecule has 0 radical (unpaired) electrons. The number of nitrogens with zero attached hydrogens (tertiary/aromatic N) is 1. The summed E-state index contributed by atoms with van der Waals surface area (Å²) >= 11 is 18.6. The lowest BCUT2D eigenvalue weighted by atomic mass is 9.96. The van der Waals surface area contributed by atoms with Crippen molar-refractivity contribution >= 4 is 46.4 Å². The first kappa shape index (κ1) is 19.5. The van der Waals surface area contributed by atoms with Gasteiger partial charge in [0.05, 0.1) is 5.92 Å². The number of nitrogens with one attached hydrogen (secondary N) is 1. The van der Waals surface area contributed by atoms with Gasteiger partial charge in [-0.1, -0.05) is 46.9 Å². The Morgan fingerprint density at radius 2 is 1.92 bits per heavy atom. The van der Waals surface area contributed by atoms with E-state index in [1.54, 1.807) is 6.07 Å². The van der Waals surface area contributed by atoms with Crippen LogP contribution in [-0.4, -0.2) is 23.9 Å².